The standard InChI is InChI=1S/C12H18N4O3S/c13-15-12-11(5-2-6-14-12)20(17,18)16-7-8-19-10-4-1-3-9(10)16/h2,5-6,9-10H,1,3-4,7-8,13H2,(H,14,15). The van der Waals surface area contributed by atoms with Gasteiger partial charge in [0.15, 0.2) is 5.82 Å². The molecule has 1 aliphatic carbocycles. The van der Waals surface area contributed by atoms with Gasteiger partial charge < -0.3 is 10.2 Å². The Balaban J connectivity index is 1.98. The Hall–Kier alpha value is -1.22. The Morgan fingerprint density at radius 1 is 1.45 bits per heavy atom. The summed E-state index contributed by atoms with van der Waals surface area (Å²) in [5, 5.41) is 0. The van der Waals surface area contributed by atoms with Gasteiger partial charge in [0.1, 0.15) is 4.90 Å². The molecule has 3 rings (SSSR count). The maximum absolute atomic E-state index is 12.8. The summed E-state index contributed by atoms with van der Waals surface area (Å²) in [7, 11) is -3.61. The molecule has 20 heavy (non-hydrogen) atoms. The number of morpholine rings is 1. The van der Waals surface area contributed by atoms with Crippen molar-refractivity contribution in [3.8, 4) is 0 Å². The zero-order chi connectivity index (χ0) is 14.2. The van der Waals surface area contributed by atoms with Crippen molar-refractivity contribution in [2.24, 2.45) is 5.84 Å². The number of nitrogen functional groups attached to an aromatic ring is 1. The number of rotatable bonds is 3. The van der Waals surface area contributed by atoms with Crippen LogP contribution in [0.5, 0.6) is 0 Å². The molecule has 0 bridgehead atoms. The summed E-state index contributed by atoms with van der Waals surface area (Å²) >= 11 is 0. The number of hydrazine groups is 1. The fourth-order valence-electron chi connectivity index (χ4n) is 3.02. The maximum atomic E-state index is 12.8. The second-order valence-corrected chi connectivity index (χ2v) is 6.88. The van der Waals surface area contributed by atoms with Crippen molar-refractivity contribution in [1.29, 1.82) is 0 Å². The van der Waals surface area contributed by atoms with Crippen molar-refractivity contribution < 1.29 is 13.2 Å². The molecule has 0 spiro atoms. The molecule has 110 valence electrons. The third-order valence-corrected chi connectivity index (χ3v) is 5.88. The number of sulfonamides is 1. The minimum atomic E-state index is -3.61. The van der Waals surface area contributed by atoms with Gasteiger partial charge in [-0.3, -0.25) is 0 Å². The molecule has 2 atom stereocenters. The highest BCUT2D eigenvalue weighted by molar-refractivity contribution is 7.89. The lowest BCUT2D eigenvalue weighted by Gasteiger charge is -2.36. The van der Waals surface area contributed by atoms with Gasteiger partial charge in [0.05, 0.1) is 18.8 Å². The summed E-state index contributed by atoms with van der Waals surface area (Å²) in [6.07, 6.45) is 4.29. The highest BCUT2D eigenvalue weighted by atomic mass is 32.2. The van der Waals surface area contributed by atoms with Gasteiger partial charge in [-0.15, -0.1) is 0 Å². The SMILES string of the molecule is NNc1ncccc1S(=O)(=O)N1CCOC2CCCC21. The Morgan fingerprint density at radius 3 is 3.10 bits per heavy atom. The Labute approximate surface area is 118 Å². The minimum Gasteiger partial charge on any atom is -0.375 e. The summed E-state index contributed by atoms with van der Waals surface area (Å²) in [6, 6.07) is 3.05. The van der Waals surface area contributed by atoms with Crippen molar-refractivity contribution in [3.63, 3.8) is 0 Å². The molecule has 2 aliphatic rings. The third-order valence-electron chi connectivity index (χ3n) is 3.93. The van der Waals surface area contributed by atoms with E-state index >= 15 is 0 Å². The lowest BCUT2D eigenvalue weighted by molar-refractivity contribution is -0.0241. The second-order valence-electron chi connectivity index (χ2n) is 5.02. The van der Waals surface area contributed by atoms with Gasteiger partial charge >= 0.3 is 0 Å². The highest BCUT2D eigenvalue weighted by Gasteiger charge is 2.42. The summed E-state index contributed by atoms with van der Waals surface area (Å²) in [6.45, 7) is 0.814. The van der Waals surface area contributed by atoms with Crippen LogP contribution in [0.1, 0.15) is 19.3 Å². The average Bonchev–Trinajstić information content (AvgIpc) is 2.95. The topological polar surface area (TPSA) is 97.5 Å². The summed E-state index contributed by atoms with van der Waals surface area (Å²) in [5.74, 6) is 5.54. The van der Waals surface area contributed by atoms with E-state index in [-0.39, 0.29) is 22.9 Å². The number of ether oxygens (including phenoxy) is 1. The van der Waals surface area contributed by atoms with Crippen molar-refractivity contribution in [1.82, 2.24) is 9.29 Å². The molecule has 2 fully saturated rings. The number of hydrogen-bond donors (Lipinski definition) is 2. The second kappa shape index (κ2) is 5.28. The van der Waals surface area contributed by atoms with E-state index in [2.05, 4.69) is 10.4 Å². The number of nitrogens with one attached hydrogen (secondary N) is 1. The van der Waals surface area contributed by atoms with E-state index in [4.69, 9.17) is 10.6 Å². The van der Waals surface area contributed by atoms with E-state index in [0.29, 0.717) is 13.2 Å². The molecular formula is C12H18N4O3S. The van der Waals surface area contributed by atoms with E-state index in [1.807, 2.05) is 0 Å². The smallest absolute Gasteiger partial charge is 0.247 e. The minimum absolute atomic E-state index is 0.0180. The van der Waals surface area contributed by atoms with Gasteiger partial charge in [0.2, 0.25) is 10.0 Å². The largest absolute Gasteiger partial charge is 0.375 e. The fraction of sp³-hybridized carbons (Fsp3) is 0.583. The molecule has 2 unspecified atom stereocenters. The highest BCUT2D eigenvalue weighted by Crippen LogP contribution is 2.34. The van der Waals surface area contributed by atoms with Crippen LogP contribution >= 0.6 is 0 Å². The van der Waals surface area contributed by atoms with Crippen LogP contribution in [0.2, 0.25) is 0 Å². The van der Waals surface area contributed by atoms with E-state index in [0.717, 1.165) is 19.3 Å². The molecule has 0 aromatic carbocycles. The van der Waals surface area contributed by atoms with Crippen LogP contribution in [0.4, 0.5) is 5.82 Å². The van der Waals surface area contributed by atoms with E-state index < -0.39 is 10.0 Å². The van der Waals surface area contributed by atoms with E-state index in [9.17, 15) is 8.42 Å². The first-order valence-corrected chi connectivity index (χ1v) is 8.13. The Kier molecular flexibility index (Phi) is 3.63. The lowest BCUT2D eigenvalue weighted by atomic mass is 10.2. The zero-order valence-electron chi connectivity index (χ0n) is 11.0. The van der Waals surface area contributed by atoms with Crippen molar-refractivity contribution >= 4 is 15.8 Å². The van der Waals surface area contributed by atoms with Gasteiger partial charge in [-0.05, 0) is 31.4 Å². The van der Waals surface area contributed by atoms with E-state index in [1.165, 1.54) is 12.3 Å². The number of fused-ring (bicyclic) bond motifs is 1. The fourth-order valence-corrected chi connectivity index (χ4v) is 4.79. The molecule has 1 aliphatic heterocycles. The number of nitrogens with zero attached hydrogens (tertiary/aromatic N) is 2. The van der Waals surface area contributed by atoms with Crippen LogP contribution in [-0.4, -0.2) is 43.0 Å². The average molecular weight is 298 g/mol. The van der Waals surface area contributed by atoms with Crippen molar-refractivity contribution in [2.45, 2.75) is 36.3 Å². The zero-order valence-corrected chi connectivity index (χ0v) is 11.8. The van der Waals surface area contributed by atoms with Crippen LogP contribution in [0, 0.1) is 0 Å². The first-order chi connectivity index (χ1) is 9.64. The molecule has 1 aromatic rings. The van der Waals surface area contributed by atoms with Gasteiger partial charge in [-0.1, -0.05) is 0 Å². The molecule has 3 N–H and O–H groups in total. The number of hydrogen-bond acceptors (Lipinski definition) is 6. The summed E-state index contributed by atoms with van der Waals surface area (Å²) in [5.41, 5.74) is 2.35. The van der Waals surface area contributed by atoms with Crippen molar-refractivity contribution in [3.05, 3.63) is 18.3 Å². The maximum Gasteiger partial charge on any atom is 0.247 e. The van der Waals surface area contributed by atoms with Crippen LogP contribution in [-0.2, 0) is 14.8 Å². The number of anilines is 1. The van der Waals surface area contributed by atoms with Gasteiger partial charge in [-0.25, -0.2) is 19.2 Å². The van der Waals surface area contributed by atoms with Crippen LogP contribution in [0.3, 0.4) is 0 Å². The normalized spacial score (nSPS) is 27.2. The monoisotopic (exact) mass is 298 g/mol. The molecular weight excluding hydrogens is 280 g/mol. The molecule has 1 aromatic heterocycles. The molecule has 7 nitrogen and oxygen atoms in total. The molecule has 0 radical (unpaired) electrons. The summed E-state index contributed by atoms with van der Waals surface area (Å²) < 4.78 is 32.9. The van der Waals surface area contributed by atoms with Crippen LogP contribution < -0.4 is 11.3 Å². The van der Waals surface area contributed by atoms with Gasteiger partial charge in [0.25, 0.3) is 0 Å². The van der Waals surface area contributed by atoms with Crippen LogP contribution in [0.25, 0.3) is 0 Å². The predicted octanol–water partition coefficient (Wildman–Crippen LogP) is 0.309. The van der Waals surface area contributed by atoms with Gasteiger partial charge in [0, 0.05) is 12.7 Å². The Bertz CT molecular complexity index is 592. The van der Waals surface area contributed by atoms with Crippen LogP contribution in [0.15, 0.2) is 23.2 Å². The van der Waals surface area contributed by atoms with E-state index in [1.54, 1.807) is 10.4 Å². The quantitative estimate of drug-likeness (QED) is 0.615. The lowest BCUT2D eigenvalue weighted by Crippen LogP contribution is -2.51. The first kappa shape index (κ1) is 13.7. The predicted molar refractivity (Wildman–Crippen MR) is 73.3 cm³/mol. The molecule has 1 saturated carbocycles. The first-order valence-electron chi connectivity index (χ1n) is 6.69. The molecule has 8 heteroatoms. The summed E-state index contributed by atoms with van der Waals surface area (Å²) in [4.78, 5) is 4.09. The number of nitrogens with two attached hydrogens (primary N) is 1. The molecule has 0 amide bonds. The molecule has 1 saturated heterocycles. The number of aromatic nitrogens is 1. The third kappa shape index (κ3) is 2.18. The molecule has 2 heterocycles. The Morgan fingerprint density at radius 2 is 2.30 bits per heavy atom. The van der Waals surface area contributed by atoms with Crippen molar-refractivity contribution in [2.75, 3.05) is 18.6 Å². The number of pyridine rings is 1. The van der Waals surface area contributed by atoms with Gasteiger partial charge in [-0.2, -0.15) is 4.31 Å².